The first-order valence-electron chi connectivity index (χ1n) is 7.15. The number of aliphatic carboxylic acids is 1. The highest BCUT2D eigenvalue weighted by Gasteiger charge is 2.13. The first kappa shape index (κ1) is 16.7. The Hall–Kier alpha value is -3.20. The summed E-state index contributed by atoms with van der Waals surface area (Å²) < 4.78 is 11.5. The van der Waals surface area contributed by atoms with E-state index in [1.165, 1.54) is 30.4 Å². The van der Waals surface area contributed by atoms with Crippen molar-refractivity contribution in [1.82, 2.24) is 4.98 Å². The number of hydrogen-bond acceptors (Lipinski definition) is 7. The van der Waals surface area contributed by atoms with Crippen molar-refractivity contribution in [2.45, 2.75) is 13.0 Å². The molecule has 0 amide bonds. The molecular weight excluding hydrogens is 348 g/mol. The highest BCUT2D eigenvalue weighted by molar-refractivity contribution is 7.20. The minimum absolute atomic E-state index is 0.00301. The average Bonchev–Trinajstić information content (AvgIpc) is 2.97. The summed E-state index contributed by atoms with van der Waals surface area (Å²) in [7, 11) is 0. The van der Waals surface area contributed by atoms with Crippen LogP contribution in [0, 0.1) is 10.1 Å². The molecule has 2 aromatic carbocycles. The molecule has 25 heavy (non-hydrogen) atoms. The van der Waals surface area contributed by atoms with Gasteiger partial charge in [-0.2, -0.15) is 0 Å². The van der Waals surface area contributed by atoms with Gasteiger partial charge in [0.2, 0.25) is 0 Å². The van der Waals surface area contributed by atoms with Gasteiger partial charge in [-0.3, -0.25) is 10.1 Å². The van der Waals surface area contributed by atoms with E-state index >= 15 is 0 Å². The van der Waals surface area contributed by atoms with Crippen LogP contribution in [0.2, 0.25) is 0 Å². The molecule has 1 atom stereocenters. The van der Waals surface area contributed by atoms with Crippen molar-refractivity contribution in [2.75, 3.05) is 0 Å². The van der Waals surface area contributed by atoms with Gasteiger partial charge in [0.05, 0.1) is 15.1 Å². The number of rotatable bonds is 6. The van der Waals surface area contributed by atoms with Crippen molar-refractivity contribution in [3.05, 3.63) is 52.6 Å². The fourth-order valence-corrected chi connectivity index (χ4v) is 2.86. The smallest absolute Gasteiger partial charge is 0.344 e. The Kier molecular flexibility index (Phi) is 4.48. The zero-order valence-electron chi connectivity index (χ0n) is 12.9. The van der Waals surface area contributed by atoms with Gasteiger partial charge in [0.1, 0.15) is 11.5 Å². The average molecular weight is 360 g/mol. The maximum Gasteiger partial charge on any atom is 0.344 e. The van der Waals surface area contributed by atoms with Crippen LogP contribution in [0.4, 0.5) is 5.69 Å². The number of thiazole rings is 1. The van der Waals surface area contributed by atoms with Crippen molar-refractivity contribution >= 4 is 33.2 Å². The summed E-state index contributed by atoms with van der Waals surface area (Å²) in [5.74, 6) is -0.157. The lowest BCUT2D eigenvalue weighted by atomic mass is 10.3. The molecule has 3 aromatic rings. The summed E-state index contributed by atoms with van der Waals surface area (Å²) >= 11 is 1.20. The number of fused-ring (bicyclic) bond motifs is 1. The minimum atomic E-state index is -1.05. The van der Waals surface area contributed by atoms with Crippen molar-refractivity contribution < 1.29 is 24.3 Å². The molecule has 0 aliphatic carbocycles. The third kappa shape index (κ3) is 3.83. The lowest BCUT2D eigenvalue weighted by Gasteiger charge is -2.10. The third-order valence-electron chi connectivity index (χ3n) is 3.25. The summed E-state index contributed by atoms with van der Waals surface area (Å²) in [6.07, 6.45) is -0.952. The maximum atomic E-state index is 10.8. The standard InChI is InChI=1S/C16H12N2O6S/c1-9(15(19)20)23-11-3-5-12(6-4-11)24-16-17-13-7-2-10(18(21)22)8-14(13)25-16/h2-9H,1H3,(H,19,20)/t9-/m1/s1. The largest absolute Gasteiger partial charge is 0.479 e. The van der Waals surface area contributed by atoms with Gasteiger partial charge < -0.3 is 14.6 Å². The van der Waals surface area contributed by atoms with Crippen LogP contribution in [-0.2, 0) is 4.79 Å². The van der Waals surface area contributed by atoms with Crippen LogP contribution >= 0.6 is 11.3 Å². The molecule has 9 heteroatoms. The van der Waals surface area contributed by atoms with Crippen LogP contribution in [-0.4, -0.2) is 27.1 Å². The van der Waals surface area contributed by atoms with Crippen molar-refractivity contribution in [3.63, 3.8) is 0 Å². The number of carboxylic acid groups (broad SMARTS) is 1. The molecule has 128 valence electrons. The molecule has 0 spiro atoms. The van der Waals surface area contributed by atoms with Crippen LogP contribution in [0.15, 0.2) is 42.5 Å². The molecule has 1 N–H and O–H groups in total. The summed E-state index contributed by atoms with van der Waals surface area (Å²) in [5.41, 5.74) is 0.609. The summed E-state index contributed by atoms with van der Waals surface area (Å²) in [4.78, 5) is 25.4. The van der Waals surface area contributed by atoms with Gasteiger partial charge in [0.25, 0.3) is 10.9 Å². The van der Waals surface area contributed by atoms with Gasteiger partial charge in [0, 0.05) is 12.1 Å². The highest BCUT2D eigenvalue weighted by Crippen LogP contribution is 2.33. The highest BCUT2D eigenvalue weighted by atomic mass is 32.1. The minimum Gasteiger partial charge on any atom is -0.479 e. The van der Waals surface area contributed by atoms with Crippen molar-refractivity contribution in [1.29, 1.82) is 0 Å². The van der Waals surface area contributed by atoms with E-state index in [2.05, 4.69) is 4.98 Å². The van der Waals surface area contributed by atoms with Gasteiger partial charge in [-0.25, -0.2) is 9.78 Å². The molecule has 0 saturated carbocycles. The van der Waals surface area contributed by atoms with Gasteiger partial charge in [0.15, 0.2) is 6.10 Å². The Morgan fingerprint density at radius 3 is 2.56 bits per heavy atom. The van der Waals surface area contributed by atoms with Crippen molar-refractivity contribution in [2.24, 2.45) is 0 Å². The molecule has 8 nitrogen and oxygen atoms in total. The van der Waals surface area contributed by atoms with Gasteiger partial charge in [-0.15, -0.1) is 0 Å². The van der Waals surface area contributed by atoms with Crippen LogP contribution in [0.5, 0.6) is 16.7 Å². The Balaban J connectivity index is 1.74. The number of aromatic nitrogens is 1. The second kappa shape index (κ2) is 6.73. The molecule has 3 rings (SSSR count). The van der Waals surface area contributed by atoms with E-state index in [1.54, 1.807) is 30.3 Å². The number of carboxylic acids is 1. The van der Waals surface area contributed by atoms with Gasteiger partial charge in [-0.1, -0.05) is 11.3 Å². The zero-order chi connectivity index (χ0) is 18.0. The molecule has 0 aliphatic heterocycles. The summed E-state index contributed by atoms with van der Waals surface area (Å²) in [6, 6.07) is 10.8. The number of nitrogens with zero attached hydrogens (tertiary/aromatic N) is 2. The normalized spacial score (nSPS) is 11.9. The van der Waals surface area contributed by atoms with Crippen LogP contribution in [0.3, 0.4) is 0 Å². The molecular formula is C16H12N2O6S. The van der Waals surface area contributed by atoms with E-state index in [4.69, 9.17) is 14.6 Å². The van der Waals surface area contributed by atoms with E-state index in [0.29, 0.717) is 26.9 Å². The number of nitro groups is 1. The van der Waals surface area contributed by atoms with Gasteiger partial charge in [-0.05, 0) is 37.3 Å². The Bertz CT molecular complexity index is 937. The van der Waals surface area contributed by atoms with Crippen LogP contribution in [0.25, 0.3) is 10.2 Å². The molecule has 0 bridgehead atoms. The van der Waals surface area contributed by atoms with E-state index in [-0.39, 0.29) is 5.69 Å². The number of non-ortho nitro benzene ring substituents is 1. The lowest BCUT2D eigenvalue weighted by molar-refractivity contribution is -0.384. The van der Waals surface area contributed by atoms with E-state index in [9.17, 15) is 14.9 Å². The maximum absolute atomic E-state index is 10.8. The lowest BCUT2D eigenvalue weighted by Crippen LogP contribution is -2.22. The first-order valence-corrected chi connectivity index (χ1v) is 7.96. The Morgan fingerprint density at radius 1 is 1.24 bits per heavy atom. The number of nitro benzene ring substituents is 1. The fraction of sp³-hybridized carbons (Fsp3) is 0.125. The predicted molar refractivity (Wildman–Crippen MR) is 90.5 cm³/mol. The summed E-state index contributed by atoms with van der Waals surface area (Å²) in [6.45, 7) is 1.44. The predicted octanol–water partition coefficient (Wildman–Crippen LogP) is 3.85. The topological polar surface area (TPSA) is 112 Å². The molecule has 0 aliphatic rings. The molecule has 0 unspecified atom stereocenters. The molecule has 0 radical (unpaired) electrons. The summed E-state index contributed by atoms with van der Waals surface area (Å²) in [5, 5.41) is 20.0. The zero-order valence-corrected chi connectivity index (χ0v) is 13.7. The molecule has 1 heterocycles. The number of ether oxygens (including phenoxy) is 2. The number of benzene rings is 2. The first-order chi connectivity index (χ1) is 11.9. The molecule has 0 saturated heterocycles. The second-order valence-corrected chi connectivity index (χ2v) is 6.05. The van der Waals surface area contributed by atoms with Crippen molar-refractivity contribution in [3.8, 4) is 16.7 Å². The third-order valence-corrected chi connectivity index (χ3v) is 4.15. The Labute approximate surface area is 145 Å². The van der Waals surface area contributed by atoms with E-state index in [1.807, 2.05) is 0 Å². The molecule has 0 fully saturated rings. The molecule has 1 aromatic heterocycles. The Morgan fingerprint density at radius 2 is 1.92 bits per heavy atom. The quantitative estimate of drug-likeness (QED) is 0.525. The van der Waals surface area contributed by atoms with Gasteiger partial charge >= 0.3 is 5.97 Å². The SMILES string of the molecule is C[C@@H](Oc1ccc(Oc2nc3ccc([N+](=O)[O-])cc3s2)cc1)C(=O)O. The van der Waals surface area contributed by atoms with E-state index < -0.39 is 17.0 Å². The number of hydrogen-bond donors (Lipinski definition) is 1. The van der Waals surface area contributed by atoms with Crippen LogP contribution in [0.1, 0.15) is 6.92 Å². The second-order valence-electron chi connectivity index (χ2n) is 5.06. The fourth-order valence-electron chi connectivity index (χ4n) is 1.99. The van der Waals surface area contributed by atoms with Crippen LogP contribution < -0.4 is 9.47 Å². The monoisotopic (exact) mass is 360 g/mol. The van der Waals surface area contributed by atoms with E-state index in [0.717, 1.165) is 0 Å². The number of carbonyl (C=O) groups is 1.